The molecule has 1 N–H and O–H groups in total. The molecule has 0 bridgehead atoms. The van der Waals surface area contributed by atoms with Crippen molar-refractivity contribution < 1.29 is 13.9 Å². The molecular formula is C32H32N4O3S. The molecule has 0 atom stereocenters. The minimum absolute atomic E-state index is 0.221. The van der Waals surface area contributed by atoms with Gasteiger partial charge in [-0.1, -0.05) is 31.2 Å². The SMILES string of the molecule is CCc1ccc(-c2csc(NC(=O)c3cc4ccc(N(CC)CC)cc4oc3=Nc3ccc(OC)cc3)n2)cc1. The number of hydrogen-bond acceptors (Lipinski definition) is 7. The number of aryl methyl sites for hydroxylation is 1. The van der Waals surface area contributed by atoms with Crippen LogP contribution in [0.2, 0.25) is 0 Å². The van der Waals surface area contributed by atoms with Gasteiger partial charge in [0, 0.05) is 41.2 Å². The van der Waals surface area contributed by atoms with Crippen LogP contribution in [0, 0.1) is 0 Å². The maximum atomic E-state index is 13.6. The predicted molar refractivity (Wildman–Crippen MR) is 163 cm³/mol. The summed E-state index contributed by atoms with van der Waals surface area (Å²) < 4.78 is 11.6. The van der Waals surface area contributed by atoms with E-state index in [9.17, 15) is 4.79 Å². The zero-order valence-electron chi connectivity index (χ0n) is 23.1. The zero-order chi connectivity index (χ0) is 28.1. The Hall–Kier alpha value is -4.43. The first-order chi connectivity index (χ1) is 19.5. The van der Waals surface area contributed by atoms with Gasteiger partial charge in [0.15, 0.2) is 5.13 Å². The van der Waals surface area contributed by atoms with Crippen molar-refractivity contribution in [2.45, 2.75) is 27.2 Å². The third kappa shape index (κ3) is 5.92. The Morgan fingerprint density at radius 2 is 1.75 bits per heavy atom. The molecule has 3 aromatic carbocycles. The fourth-order valence-electron chi connectivity index (χ4n) is 4.45. The number of amides is 1. The molecule has 2 aromatic heterocycles. The van der Waals surface area contributed by atoms with E-state index >= 15 is 0 Å². The molecule has 204 valence electrons. The van der Waals surface area contributed by atoms with Crippen molar-refractivity contribution in [2.75, 3.05) is 30.4 Å². The lowest BCUT2D eigenvalue weighted by atomic mass is 10.1. The van der Waals surface area contributed by atoms with Crippen LogP contribution in [0.4, 0.5) is 16.5 Å². The topological polar surface area (TPSA) is 80.0 Å². The molecule has 40 heavy (non-hydrogen) atoms. The molecule has 8 heteroatoms. The van der Waals surface area contributed by atoms with E-state index < -0.39 is 0 Å². The van der Waals surface area contributed by atoms with Crippen LogP contribution in [-0.2, 0) is 6.42 Å². The van der Waals surface area contributed by atoms with Crippen LogP contribution in [0.3, 0.4) is 0 Å². The number of methoxy groups -OCH3 is 1. The second kappa shape index (κ2) is 12.2. The molecule has 0 spiro atoms. The number of nitrogens with one attached hydrogen (secondary N) is 1. The fraction of sp³-hybridized carbons (Fsp3) is 0.219. The van der Waals surface area contributed by atoms with Gasteiger partial charge in [0.1, 0.15) is 16.9 Å². The van der Waals surface area contributed by atoms with E-state index in [1.165, 1.54) is 16.9 Å². The third-order valence-electron chi connectivity index (χ3n) is 6.79. The molecular weight excluding hydrogens is 520 g/mol. The highest BCUT2D eigenvalue weighted by Crippen LogP contribution is 2.27. The molecule has 0 fully saturated rings. The Bertz CT molecular complexity index is 1680. The lowest BCUT2D eigenvalue weighted by Crippen LogP contribution is -2.22. The van der Waals surface area contributed by atoms with Gasteiger partial charge < -0.3 is 14.1 Å². The van der Waals surface area contributed by atoms with Crippen molar-refractivity contribution in [1.29, 1.82) is 0 Å². The molecule has 0 aliphatic rings. The van der Waals surface area contributed by atoms with Gasteiger partial charge in [-0.3, -0.25) is 10.1 Å². The number of hydrogen-bond donors (Lipinski definition) is 1. The first-order valence-corrected chi connectivity index (χ1v) is 14.3. The highest BCUT2D eigenvalue weighted by molar-refractivity contribution is 7.14. The molecule has 0 saturated heterocycles. The van der Waals surface area contributed by atoms with Crippen molar-refractivity contribution in [1.82, 2.24) is 4.98 Å². The molecule has 0 radical (unpaired) electrons. The number of carbonyl (C=O) groups excluding carboxylic acids is 1. The van der Waals surface area contributed by atoms with Crippen LogP contribution in [0.25, 0.3) is 22.2 Å². The second-order valence-electron chi connectivity index (χ2n) is 9.21. The van der Waals surface area contributed by atoms with E-state index in [4.69, 9.17) is 14.1 Å². The summed E-state index contributed by atoms with van der Waals surface area (Å²) in [6.07, 6.45) is 0.982. The number of anilines is 2. The first kappa shape index (κ1) is 27.1. The largest absolute Gasteiger partial charge is 0.497 e. The minimum Gasteiger partial charge on any atom is -0.497 e. The molecule has 0 saturated carbocycles. The van der Waals surface area contributed by atoms with Gasteiger partial charge in [-0.05, 0) is 68.3 Å². The van der Waals surface area contributed by atoms with E-state index in [2.05, 4.69) is 60.2 Å². The highest BCUT2D eigenvalue weighted by Gasteiger charge is 2.16. The van der Waals surface area contributed by atoms with Gasteiger partial charge in [-0.25, -0.2) is 9.98 Å². The third-order valence-corrected chi connectivity index (χ3v) is 7.55. The predicted octanol–water partition coefficient (Wildman–Crippen LogP) is 7.46. The van der Waals surface area contributed by atoms with Crippen LogP contribution in [-0.4, -0.2) is 31.1 Å². The highest BCUT2D eigenvalue weighted by atomic mass is 32.1. The van der Waals surface area contributed by atoms with Crippen LogP contribution in [0.1, 0.15) is 36.7 Å². The Labute approximate surface area is 237 Å². The number of carbonyl (C=O) groups is 1. The molecule has 0 unspecified atom stereocenters. The number of thiazole rings is 1. The molecule has 1 amide bonds. The van der Waals surface area contributed by atoms with Crippen molar-refractivity contribution in [3.63, 3.8) is 0 Å². The Morgan fingerprint density at radius 1 is 1.00 bits per heavy atom. The van der Waals surface area contributed by atoms with Gasteiger partial charge >= 0.3 is 0 Å². The van der Waals surface area contributed by atoms with E-state index in [-0.39, 0.29) is 11.5 Å². The van der Waals surface area contributed by atoms with Gasteiger partial charge in [-0.15, -0.1) is 11.3 Å². The standard InChI is InChI=1S/C32H32N4O3S/c1-5-21-8-10-22(11-9-21)28-20-40-32(34-28)35-30(37)27-18-23-12-15-25(36(6-2)7-3)19-29(23)39-31(27)33-24-13-16-26(38-4)17-14-24/h8-20H,5-7H2,1-4H3,(H,34,35,37). The Kier molecular flexibility index (Phi) is 8.26. The summed E-state index contributed by atoms with van der Waals surface area (Å²) in [5, 5.41) is 6.21. The van der Waals surface area contributed by atoms with Crippen molar-refractivity contribution in [3.05, 3.63) is 94.9 Å². The summed E-state index contributed by atoms with van der Waals surface area (Å²) in [5.41, 5.74) is 5.99. The second-order valence-corrected chi connectivity index (χ2v) is 10.1. The number of fused-ring (bicyclic) bond motifs is 1. The summed E-state index contributed by atoms with van der Waals surface area (Å²) in [6.45, 7) is 8.12. The number of benzene rings is 3. The smallest absolute Gasteiger partial charge is 0.262 e. The van der Waals surface area contributed by atoms with Crippen LogP contribution < -0.4 is 20.5 Å². The van der Waals surface area contributed by atoms with Crippen molar-refractivity contribution >= 4 is 44.7 Å². The van der Waals surface area contributed by atoms with Crippen LogP contribution in [0.5, 0.6) is 5.75 Å². The van der Waals surface area contributed by atoms with Crippen LogP contribution >= 0.6 is 11.3 Å². The van der Waals surface area contributed by atoms with E-state index in [1.807, 2.05) is 53.9 Å². The van der Waals surface area contributed by atoms with E-state index in [0.717, 1.165) is 47.6 Å². The molecule has 5 aromatic rings. The normalized spacial score (nSPS) is 11.6. The molecule has 0 aliphatic carbocycles. The van der Waals surface area contributed by atoms with E-state index in [1.54, 1.807) is 7.11 Å². The zero-order valence-corrected chi connectivity index (χ0v) is 23.9. The monoisotopic (exact) mass is 552 g/mol. The summed E-state index contributed by atoms with van der Waals surface area (Å²) in [6, 6.07) is 23.4. The summed E-state index contributed by atoms with van der Waals surface area (Å²) in [7, 11) is 1.62. The van der Waals surface area contributed by atoms with Gasteiger partial charge in [0.05, 0.1) is 18.5 Å². The molecule has 5 rings (SSSR count). The molecule has 0 aliphatic heterocycles. The number of rotatable bonds is 9. The number of nitrogens with zero attached hydrogens (tertiary/aromatic N) is 3. The maximum absolute atomic E-state index is 13.6. The maximum Gasteiger partial charge on any atom is 0.262 e. The summed E-state index contributed by atoms with van der Waals surface area (Å²) in [4.78, 5) is 25.2. The lowest BCUT2D eigenvalue weighted by molar-refractivity contribution is 0.102. The van der Waals surface area contributed by atoms with E-state index in [0.29, 0.717) is 22.0 Å². The number of ether oxygens (including phenoxy) is 1. The number of aromatic nitrogens is 1. The Balaban J connectivity index is 1.52. The molecule has 7 nitrogen and oxygen atoms in total. The Morgan fingerprint density at radius 3 is 2.42 bits per heavy atom. The lowest BCUT2D eigenvalue weighted by Gasteiger charge is -2.21. The summed E-state index contributed by atoms with van der Waals surface area (Å²) >= 11 is 1.38. The van der Waals surface area contributed by atoms with Crippen LogP contribution in [0.15, 0.2) is 87.6 Å². The quantitative estimate of drug-likeness (QED) is 0.205. The van der Waals surface area contributed by atoms with Gasteiger partial charge in [0.25, 0.3) is 5.91 Å². The average Bonchev–Trinajstić information content (AvgIpc) is 3.46. The van der Waals surface area contributed by atoms with Crippen molar-refractivity contribution in [3.8, 4) is 17.0 Å². The minimum atomic E-state index is -0.340. The first-order valence-electron chi connectivity index (χ1n) is 13.4. The molecule has 2 heterocycles. The van der Waals surface area contributed by atoms with Gasteiger partial charge in [0.2, 0.25) is 5.55 Å². The summed E-state index contributed by atoms with van der Waals surface area (Å²) in [5.74, 6) is 0.383. The average molecular weight is 553 g/mol. The fourth-order valence-corrected chi connectivity index (χ4v) is 5.17. The van der Waals surface area contributed by atoms with Gasteiger partial charge in [-0.2, -0.15) is 0 Å². The van der Waals surface area contributed by atoms with Crippen molar-refractivity contribution in [2.24, 2.45) is 4.99 Å².